The molecule has 1 aromatic heterocycles. The van der Waals surface area contributed by atoms with E-state index in [9.17, 15) is 8.42 Å². The fourth-order valence-electron chi connectivity index (χ4n) is 1.80. The molecule has 114 valence electrons. The third-order valence-corrected chi connectivity index (χ3v) is 4.38. The van der Waals surface area contributed by atoms with Crippen molar-refractivity contribution in [3.8, 4) is 0 Å². The predicted molar refractivity (Wildman–Crippen MR) is 79.3 cm³/mol. The Morgan fingerprint density at radius 3 is 2.62 bits per heavy atom. The number of anilines is 1. The number of benzene rings is 1. The average Bonchev–Trinajstić information content (AvgIpc) is 2.94. The largest absolute Gasteiger partial charge is 0.394 e. The van der Waals surface area contributed by atoms with Crippen LogP contribution in [-0.2, 0) is 23.1 Å². The van der Waals surface area contributed by atoms with E-state index in [0.717, 1.165) is 11.3 Å². The third-order valence-electron chi connectivity index (χ3n) is 2.95. The summed E-state index contributed by atoms with van der Waals surface area (Å²) in [6.07, 6.45) is 3.57. The number of hydrogen-bond donors (Lipinski definition) is 3. The molecule has 0 aliphatic carbocycles. The van der Waals surface area contributed by atoms with Gasteiger partial charge in [-0.3, -0.25) is 4.68 Å². The van der Waals surface area contributed by atoms with Crippen molar-refractivity contribution < 1.29 is 13.5 Å². The Kier molecular flexibility index (Phi) is 4.94. The highest BCUT2D eigenvalue weighted by Gasteiger charge is 2.10. The Morgan fingerprint density at radius 1 is 1.29 bits per heavy atom. The topological polar surface area (TPSA) is 96.3 Å². The first kappa shape index (κ1) is 15.5. The van der Waals surface area contributed by atoms with Crippen LogP contribution in [0.4, 0.5) is 5.69 Å². The maximum atomic E-state index is 11.6. The van der Waals surface area contributed by atoms with Crippen LogP contribution in [0.5, 0.6) is 0 Å². The van der Waals surface area contributed by atoms with Crippen LogP contribution in [0.15, 0.2) is 41.6 Å². The summed E-state index contributed by atoms with van der Waals surface area (Å²) in [6.45, 7) is 1.09. The van der Waals surface area contributed by atoms with Gasteiger partial charge in [0.25, 0.3) is 0 Å². The fourth-order valence-corrected chi connectivity index (χ4v) is 2.53. The number of hydrogen-bond acceptors (Lipinski definition) is 5. The summed E-state index contributed by atoms with van der Waals surface area (Å²) < 4.78 is 27.1. The molecule has 0 unspecified atom stereocenters. The van der Waals surface area contributed by atoms with Crippen LogP contribution < -0.4 is 10.0 Å². The van der Waals surface area contributed by atoms with Crippen molar-refractivity contribution in [3.63, 3.8) is 0 Å². The molecule has 0 saturated carbocycles. The van der Waals surface area contributed by atoms with E-state index in [1.165, 1.54) is 7.05 Å². The van der Waals surface area contributed by atoms with Crippen molar-refractivity contribution in [3.05, 3.63) is 42.2 Å². The SMILES string of the molecule is CNS(=O)(=O)c1ccc(NCc2cnn(CCO)c2)cc1. The lowest BCUT2D eigenvalue weighted by molar-refractivity contribution is 0.269. The number of rotatable bonds is 7. The highest BCUT2D eigenvalue weighted by Crippen LogP contribution is 2.14. The van der Waals surface area contributed by atoms with Gasteiger partial charge in [0.15, 0.2) is 0 Å². The normalized spacial score (nSPS) is 11.5. The van der Waals surface area contributed by atoms with Gasteiger partial charge < -0.3 is 10.4 Å². The smallest absolute Gasteiger partial charge is 0.240 e. The van der Waals surface area contributed by atoms with Crippen molar-refractivity contribution in [1.82, 2.24) is 14.5 Å². The molecule has 1 heterocycles. The summed E-state index contributed by atoms with van der Waals surface area (Å²) >= 11 is 0. The van der Waals surface area contributed by atoms with Gasteiger partial charge in [-0.15, -0.1) is 0 Å². The number of sulfonamides is 1. The van der Waals surface area contributed by atoms with Gasteiger partial charge in [-0.1, -0.05) is 0 Å². The fraction of sp³-hybridized carbons (Fsp3) is 0.308. The molecule has 21 heavy (non-hydrogen) atoms. The van der Waals surface area contributed by atoms with Gasteiger partial charge >= 0.3 is 0 Å². The van der Waals surface area contributed by atoms with Gasteiger partial charge in [0, 0.05) is 24.0 Å². The zero-order chi connectivity index (χ0) is 15.3. The molecule has 0 aliphatic rings. The third kappa shape index (κ3) is 4.03. The molecule has 7 nitrogen and oxygen atoms in total. The summed E-state index contributed by atoms with van der Waals surface area (Å²) in [5, 5.41) is 16.1. The molecule has 0 saturated heterocycles. The van der Waals surface area contributed by atoms with Gasteiger partial charge in [-0.25, -0.2) is 13.1 Å². The first-order valence-electron chi connectivity index (χ1n) is 6.45. The summed E-state index contributed by atoms with van der Waals surface area (Å²) in [5.74, 6) is 0. The lowest BCUT2D eigenvalue weighted by Crippen LogP contribution is -2.18. The standard InChI is InChI=1S/C13H18N4O3S/c1-14-21(19,20)13-4-2-12(3-5-13)15-8-11-9-16-17(10-11)6-7-18/h2-5,9-10,14-15,18H,6-8H2,1H3. The molecule has 8 heteroatoms. The lowest BCUT2D eigenvalue weighted by Gasteiger charge is -2.06. The monoisotopic (exact) mass is 310 g/mol. The van der Waals surface area contributed by atoms with E-state index in [1.807, 2.05) is 6.20 Å². The molecule has 0 aliphatic heterocycles. The molecule has 2 rings (SSSR count). The lowest BCUT2D eigenvalue weighted by atomic mass is 10.3. The van der Waals surface area contributed by atoms with Crippen molar-refractivity contribution in [2.75, 3.05) is 19.0 Å². The van der Waals surface area contributed by atoms with Crippen LogP contribution >= 0.6 is 0 Å². The number of nitrogens with zero attached hydrogens (tertiary/aromatic N) is 2. The van der Waals surface area contributed by atoms with E-state index in [2.05, 4.69) is 15.1 Å². The summed E-state index contributed by atoms with van der Waals surface area (Å²) in [4.78, 5) is 0.228. The van der Waals surface area contributed by atoms with Crippen LogP contribution in [0.3, 0.4) is 0 Å². The van der Waals surface area contributed by atoms with Crippen LogP contribution in [0, 0.1) is 0 Å². The highest BCUT2D eigenvalue weighted by atomic mass is 32.2. The van der Waals surface area contributed by atoms with Gasteiger partial charge in [0.1, 0.15) is 0 Å². The second-order valence-corrected chi connectivity index (χ2v) is 6.31. The van der Waals surface area contributed by atoms with E-state index in [1.54, 1.807) is 35.1 Å². The van der Waals surface area contributed by atoms with E-state index < -0.39 is 10.0 Å². The minimum absolute atomic E-state index is 0.0515. The zero-order valence-electron chi connectivity index (χ0n) is 11.7. The molecule has 0 spiro atoms. The maximum Gasteiger partial charge on any atom is 0.240 e. The molecule has 0 fully saturated rings. The van der Waals surface area contributed by atoms with Gasteiger partial charge in [-0.2, -0.15) is 5.10 Å². The summed E-state index contributed by atoms with van der Waals surface area (Å²) in [7, 11) is -2.02. The predicted octanol–water partition coefficient (Wildman–Crippen LogP) is 0.396. The maximum absolute atomic E-state index is 11.6. The minimum Gasteiger partial charge on any atom is -0.394 e. The molecule has 0 atom stereocenters. The van der Waals surface area contributed by atoms with Crippen molar-refractivity contribution in [2.45, 2.75) is 18.0 Å². The van der Waals surface area contributed by atoms with Crippen molar-refractivity contribution in [1.29, 1.82) is 0 Å². The van der Waals surface area contributed by atoms with Gasteiger partial charge in [-0.05, 0) is 31.3 Å². The molecular formula is C13H18N4O3S. The molecule has 0 amide bonds. The van der Waals surface area contributed by atoms with E-state index in [4.69, 9.17) is 5.11 Å². The Morgan fingerprint density at radius 2 is 2.00 bits per heavy atom. The number of aliphatic hydroxyl groups is 1. The minimum atomic E-state index is -3.40. The molecule has 1 aromatic carbocycles. The second-order valence-electron chi connectivity index (χ2n) is 4.42. The second kappa shape index (κ2) is 6.70. The first-order chi connectivity index (χ1) is 10.0. The van der Waals surface area contributed by atoms with Gasteiger partial charge in [0.2, 0.25) is 10.0 Å². The molecule has 0 radical (unpaired) electrons. The van der Waals surface area contributed by atoms with Crippen molar-refractivity contribution in [2.24, 2.45) is 0 Å². The van der Waals surface area contributed by atoms with E-state index in [0.29, 0.717) is 13.1 Å². The first-order valence-corrected chi connectivity index (χ1v) is 7.93. The quantitative estimate of drug-likeness (QED) is 0.688. The van der Waals surface area contributed by atoms with Crippen LogP contribution in [0.2, 0.25) is 0 Å². The molecular weight excluding hydrogens is 292 g/mol. The zero-order valence-corrected chi connectivity index (χ0v) is 12.5. The summed E-state index contributed by atoms with van der Waals surface area (Å²) in [6, 6.07) is 6.51. The van der Waals surface area contributed by atoms with Gasteiger partial charge in [0.05, 0.1) is 24.2 Å². The Hall–Kier alpha value is -1.90. The van der Waals surface area contributed by atoms with E-state index in [-0.39, 0.29) is 11.5 Å². The molecule has 3 N–H and O–H groups in total. The van der Waals surface area contributed by atoms with Crippen LogP contribution in [0.25, 0.3) is 0 Å². The summed E-state index contributed by atoms with van der Waals surface area (Å²) in [5.41, 5.74) is 1.80. The highest BCUT2D eigenvalue weighted by molar-refractivity contribution is 7.89. The van der Waals surface area contributed by atoms with Crippen LogP contribution in [-0.4, -0.2) is 37.0 Å². The van der Waals surface area contributed by atoms with Crippen molar-refractivity contribution >= 4 is 15.7 Å². The molecule has 2 aromatic rings. The Balaban J connectivity index is 1.97. The average molecular weight is 310 g/mol. The number of aromatic nitrogens is 2. The Bertz CT molecular complexity index is 680. The van der Waals surface area contributed by atoms with E-state index >= 15 is 0 Å². The number of nitrogens with one attached hydrogen (secondary N) is 2. The van der Waals surface area contributed by atoms with Crippen LogP contribution in [0.1, 0.15) is 5.56 Å². The number of aliphatic hydroxyl groups excluding tert-OH is 1. The molecule has 0 bridgehead atoms. The Labute approximate surface area is 123 Å².